The van der Waals surface area contributed by atoms with Crippen LogP contribution in [0.1, 0.15) is 0 Å². The Morgan fingerprint density at radius 2 is 0.762 bits per heavy atom. The molecule has 0 spiro atoms. The van der Waals surface area contributed by atoms with Crippen molar-refractivity contribution >= 4 is 0 Å². The van der Waals surface area contributed by atoms with Crippen LogP contribution in [0.25, 0.3) is 0 Å². The summed E-state index contributed by atoms with van der Waals surface area (Å²) in [5.74, 6) is -36.7. The van der Waals surface area contributed by atoms with Gasteiger partial charge in [0.2, 0.25) is 0 Å². The summed E-state index contributed by atoms with van der Waals surface area (Å²) >= 11 is 0. The van der Waals surface area contributed by atoms with Crippen molar-refractivity contribution in [3.05, 3.63) is 12.7 Å². The highest BCUT2D eigenvalue weighted by molar-refractivity contribution is 5.13. The molecule has 0 N–H and O–H groups in total. The van der Waals surface area contributed by atoms with Crippen LogP contribution in [0.2, 0.25) is 0 Å². The van der Waals surface area contributed by atoms with Crippen LogP contribution in [-0.2, 0) is 0 Å². The summed E-state index contributed by atoms with van der Waals surface area (Å²) in [4.78, 5) is 0. The molecule has 0 aliphatic carbocycles. The van der Waals surface area contributed by atoms with E-state index in [0.717, 1.165) is 0 Å². The summed E-state index contributed by atoms with van der Waals surface area (Å²) in [5, 5.41) is 0. The van der Waals surface area contributed by atoms with Crippen molar-refractivity contribution in [1.82, 2.24) is 0 Å². The normalized spacial score (nSPS) is 16.0. The molecular weight excluding hydrogens is 343 g/mol. The van der Waals surface area contributed by atoms with Gasteiger partial charge in [0.15, 0.2) is 0 Å². The molecular formula is C8H3F13. The predicted octanol–water partition coefficient (Wildman–Crippen LogP) is 4.91. The summed E-state index contributed by atoms with van der Waals surface area (Å²) in [6.07, 6.45) is -8.68. The van der Waals surface area contributed by atoms with Crippen LogP contribution < -0.4 is 0 Å². The van der Waals surface area contributed by atoms with E-state index in [1.54, 1.807) is 0 Å². The van der Waals surface area contributed by atoms with Gasteiger partial charge in [-0.05, 0) is 6.08 Å². The van der Waals surface area contributed by atoms with Gasteiger partial charge in [0, 0.05) is 0 Å². The van der Waals surface area contributed by atoms with E-state index in [9.17, 15) is 57.1 Å². The third-order valence-corrected chi connectivity index (χ3v) is 2.21. The fraction of sp³-hybridized carbons (Fsp3) is 0.750. The average molecular weight is 346 g/mol. The molecule has 0 unspecified atom stereocenters. The minimum atomic E-state index is -7.85. The molecule has 13 heteroatoms. The summed E-state index contributed by atoms with van der Waals surface area (Å²) in [6.45, 7) is 1.89. The topological polar surface area (TPSA) is 0 Å². The molecule has 0 aliphatic rings. The predicted molar refractivity (Wildman–Crippen MR) is 41.0 cm³/mol. The lowest BCUT2D eigenvalue weighted by Gasteiger charge is -2.38. The Morgan fingerprint density at radius 3 is 1.00 bits per heavy atom. The van der Waals surface area contributed by atoms with Crippen molar-refractivity contribution in [3.63, 3.8) is 0 Å². The zero-order valence-electron chi connectivity index (χ0n) is 9.20. The standard InChI is InChI=1S/C8H3F13/c1-2-3(9,10)4(11,12)5(13,14)6(15,16)7(17,18)8(19,20)21/h2H,1H2. The number of halogens is 13. The Kier molecular flexibility index (Phi) is 4.40. The van der Waals surface area contributed by atoms with Crippen molar-refractivity contribution in [3.8, 4) is 0 Å². The molecule has 0 heterocycles. The van der Waals surface area contributed by atoms with Crippen molar-refractivity contribution < 1.29 is 57.1 Å². The Hall–Kier alpha value is -1.17. The first-order chi connectivity index (χ1) is 8.81. The summed E-state index contributed by atoms with van der Waals surface area (Å²) in [7, 11) is 0. The molecule has 0 aromatic heterocycles. The lowest BCUT2D eigenvalue weighted by molar-refractivity contribution is -0.436. The number of hydrogen-bond acceptors (Lipinski definition) is 0. The van der Waals surface area contributed by atoms with Gasteiger partial charge in [0.05, 0.1) is 0 Å². The second kappa shape index (κ2) is 4.66. The minimum absolute atomic E-state index is 1.29. The first-order valence-electron chi connectivity index (χ1n) is 4.40. The molecule has 0 saturated carbocycles. The zero-order valence-corrected chi connectivity index (χ0v) is 9.20. The van der Waals surface area contributed by atoms with Gasteiger partial charge in [-0.25, -0.2) is 0 Å². The second-order valence-corrected chi connectivity index (χ2v) is 3.62. The highest BCUT2D eigenvalue weighted by Gasteiger charge is 2.90. The van der Waals surface area contributed by atoms with Gasteiger partial charge < -0.3 is 0 Å². The summed E-state index contributed by atoms with van der Waals surface area (Å²) in [6, 6.07) is 0. The molecule has 0 saturated heterocycles. The molecule has 0 atom stereocenters. The highest BCUT2D eigenvalue weighted by atomic mass is 19.4. The van der Waals surface area contributed by atoms with Gasteiger partial charge in [-0.3, -0.25) is 0 Å². The van der Waals surface area contributed by atoms with E-state index >= 15 is 0 Å². The number of hydrogen-bond donors (Lipinski definition) is 0. The van der Waals surface area contributed by atoms with Crippen LogP contribution >= 0.6 is 0 Å². The number of allylic oxidation sites excluding steroid dienone is 1. The fourth-order valence-corrected chi connectivity index (χ4v) is 0.910. The molecule has 0 rings (SSSR count). The van der Waals surface area contributed by atoms with E-state index in [1.807, 2.05) is 6.58 Å². The van der Waals surface area contributed by atoms with E-state index in [1.165, 1.54) is 0 Å². The molecule has 21 heavy (non-hydrogen) atoms. The molecule has 0 amide bonds. The highest BCUT2D eigenvalue weighted by Crippen LogP contribution is 2.60. The number of alkyl halides is 13. The largest absolute Gasteiger partial charge is 0.460 e. The third-order valence-electron chi connectivity index (χ3n) is 2.21. The molecule has 126 valence electrons. The summed E-state index contributed by atoms with van der Waals surface area (Å²) in [5.41, 5.74) is 0. The van der Waals surface area contributed by atoms with Gasteiger partial charge in [0.1, 0.15) is 0 Å². The lowest BCUT2D eigenvalue weighted by Crippen LogP contribution is -2.69. The molecule has 0 aromatic rings. The Balaban J connectivity index is 6.20. The zero-order chi connectivity index (χ0) is 17.7. The lowest BCUT2D eigenvalue weighted by atomic mass is 9.94. The fourth-order valence-electron chi connectivity index (χ4n) is 0.910. The monoisotopic (exact) mass is 346 g/mol. The minimum Gasteiger partial charge on any atom is -0.195 e. The first-order valence-corrected chi connectivity index (χ1v) is 4.40. The van der Waals surface area contributed by atoms with Gasteiger partial charge in [0.25, 0.3) is 0 Å². The Labute approximate surface area is 107 Å². The summed E-state index contributed by atoms with van der Waals surface area (Å²) < 4.78 is 160. The smallest absolute Gasteiger partial charge is 0.195 e. The van der Waals surface area contributed by atoms with Crippen molar-refractivity contribution in [1.29, 1.82) is 0 Å². The van der Waals surface area contributed by atoms with Crippen LogP contribution in [0.15, 0.2) is 12.7 Å². The van der Waals surface area contributed by atoms with Crippen molar-refractivity contribution in [2.24, 2.45) is 0 Å². The van der Waals surface area contributed by atoms with Gasteiger partial charge in [-0.2, -0.15) is 57.1 Å². The molecule has 0 fully saturated rings. The van der Waals surface area contributed by atoms with E-state index in [2.05, 4.69) is 0 Å². The maximum absolute atomic E-state index is 12.7. The van der Waals surface area contributed by atoms with Crippen molar-refractivity contribution in [2.45, 2.75) is 35.8 Å². The SMILES string of the molecule is C=CC(F)(F)C(F)(F)C(F)(F)C(F)(F)C(F)(F)C(F)(F)F. The quantitative estimate of drug-likeness (QED) is 0.490. The van der Waals surface area contributed by atoms with Crippen LogP contribution in [-0.4, -0.2) is 35.8 Å². The van der Waals surface area contributed by atoms with Crippen LogP contribution in [0.5, 0.6) is 0 Å². The van der Waals surface area contributed by atoms with Crippen LogP contribution in [0, 0.1) is 0 Å². The first kappa shape index (κ1) is 19.8. The maximum Gasteiger partial charge on any atom is 0.460 e. The van der Waals surface area contributed by atoms with E-state index in [4.69, 9.17) is 0 Å². The third kappa shape index (κ3) is 2.43. The molecule has 0 nitrogen and oxygen atoms in total. The molecule has 0 bridgehead atoms. The molecule has 0 aromatic carbocycles. The van der Waals surface area contributed by atoms with Gasteiger partial charge >= 0.3 is 35.8 Å². The molecule has 0 radical (unpaired) electrons. The molecule has 0 aliphatic heterocycles. The van der Waals surface area contributed by atoms with Crippen molar-refractivity contribution in [2.75, 3.05) is 0 Å². The second-order valence-electron chi connectivity index (χ2n) is 3.62. The van der Waals surface area contributed by atoms with Crippen LogP contribution in [0.4, 0.5) is 57.1 Å². The van der Waals surface area contributed by atoms with E-state index < -0.39 is 41.9 Å². The Bertz CT molecular complexity index is 401. The maximum atomic E-state index is 12.7. The number of rotatable bonds is 5. The van der Waals surface area contributed by atoms with Crippen LogP contribution in [0.3, 0.4) is 0 Å². The van der Waals surface area contributed by atoms with Gasteiger partial charge in [-0.1, -0.05) is 6.58 Å². The van der Waals surface area contributed by atoms with E-state index in [-0.39, 0.29) is 0 Å². The average Bonchev–Trinajstić information content (AvgIpc) is 2.26. The van der Waals surface area contributed by atoms with Gasteiger partial charge in [-0.15, -0.1) is 0 Å². The Morgan fingerprint density at radius 1 is 0.476 bits per heavy atom. The van der Waals surface area contributed by atoms with E-state index in [0.29, 0.717) is 0 Å².